The minimum absolute atomic E-state index is 0.0676. The fraction of sp³-hybridized carbons (Fsp3) is 0.533. The number of benzene rings is 1. The highest BCUT2D eigenvalue weighted by atomic mass is 35.5. The highest BCUT2D eigenvalue weighted by molar-refractivity contribution is 7.89. The Morgan fingerprint density at radius 2 is 1.88 bits per heavy atom. The molecular weight excluding hydrogens is 400 g/mol. The number of rotatable bonds is 5. The van der Waals surface area contributed by atoms with E-state index in [1.165, 1.54) is 0 Å². The van der Waals surface area contributed by atoms with Gasteiger partial charge in [0, 0.05) is 19.6 Å². The molecule has 1 aromatic carbocycles. The summed E-state index contributed by atoms with van der Waals surface area (Å²) >= 11 is 5.37. The molecule has 0 unspecified atom stereocenters. The summed E-state index contributed by atoms with van der Waals surface area (Å²) in [5.41, 5.74) is -1.51. The molecule has 1 saturated heterocycles. The molecule has 146 valence electrons. The average Bonchev–Trinajstić information content (AvgIpc) is 2.58. The molecule has 0 spiro atoms. The molecule has 26 heavy (non-hydrogen) atoms. The lowest BCUT2D eigenvalue weighted by atomic mass is 9.98. The van der Waals surface area contributed by atoms with Crippen LogP contribution >= 0.6 is 11.6 Å². The first-order valence-electron chi connectivity index (χ1n) is 7.75. The smallest absolute Gasteiger partial charge is 0.355 e. The third-order valence-corrected chi connectivity index (χ3v) is 6.30. The Balaban J connectivity index is 2.05. The number of carbonyl (C=O) groups excluding carboxylic acids is 1. The van der Waals surface area contributed by atoms with Crippen molar-refractivity contribution in [2.24, 2.45) is 5.92 Å². The highest BCUT2D eigenvalue weighted by Crippen LogP contribution is 2.33. The van der Waals surface area contributed by atoms with E-state index in [9.17, 15) is 30.8 Å². The number of sulfonamides is 1. The maximum atomic E-state index is 13.7. The molecule has 1 N–H and O–H groups in total. The summed E-state index contributed by atoms with van der Waals surface area (Å²) in [4.78, 5) is 10.6. The Kier molecular flexibility index (Phi) is 6.51. The van der Waals surface area contributed by atoms with Crippen molar-refractivity contribution in [1.29, 1.82) is 0 Å². The maximum absolute atomic E-state index is 13.7. The summed E-state index contributed by atoms with van der Waals surface area (Å²) in [5.74, 6) is -2.04. The largest absolute Gasteiger partial charge is 0.419 e. The van der Waals surface area contributed by atoms with Gasteiger partial charge in [0.2, 0.25) is 15.9 Å². The van der Waals surface area contributed by atoms with Crippen molar-refractivity contribution in [2.75, 3.05) is 25.5 Å². The fourth-order valence-electron chi connectivity index (χ4n) is 2.69. The standard InChI is InChI=1S/C15H17ClF4N2O3S/c16-8-14(23)21-9-10-3-5-22(6-4-10)26(24,25)11-1-2-12(13(17)7-11)15(18,19)20/h1-2,7,10H,3-6,8-9H2,(H,21,23). The first-order valence-corrected chi connectivity index (χ1v) is 9.72. The molecule has 11 heteroatoms. The normalized spacial score (nSPS) is 17.3. The summed E-state index contributed by atoms with van der Waals surface area (Å²) < 4.78 is 77.6. The van der Waals surface area contributed by atoms with E-state index in [4.69, 9.17) is 11.6 Å². The minimum atomic E-state index is -4.89. The summed E-state index contributed by atoms with van der Waals surface area (Å²) in [6.45, 7) is 0.632. The van der Waals surface area contributed by atoms with E-state index >= 15 is 0 Å². The predicted octanol–water partition coefficient (Wildman–Crippen LogP) is 2.60. The minimum Gasteiger partial charge on any atom is -0.355 e. The van der Waals surface area contributed by atoms with Gasteiger partial charge in [0.25, 0.3) is 0 Å². The number of halogens is 5. The monoisotopic (exact) mass is 416 g/mol. The summed E-state index contributed by atoms with van der Waals surface area (Å²) in [7, 11) is -4.09. The van der Waals surface area contributed by atoms with Crippen LogP contribution in [-0.2, 0) is 21.0 Å². The number of hydrogen-bond acceptors (Lipinski definition) is 3. The van der Waals surface area contributed by atoms with Gasteiger partial charge in [-0.15, -0.1) is 11.6 Å². The van der Waals surface area contributed by atoms with Gasteiger partial charge in [-0.2, -0.15) is 17.5 Å². The summed E-state index contributed by atoms with van der Waals surface area (Å²) in [6.07, 6.45) is -3.96. The second kappa shape index (κ2) is 8.10. The van der Waals surface area contributed by atoms with E-state index in [2.05, 4.69) is 5.32 Å². The van der Waals surface area contributed by atoms with Crippen LogP contribution in [0, 0.1) is 11.7 Å². The average molecular weight is 417 g/mol. The zero-order valence-electron chi connectivity index (χ0n) is 13.5. The molecule has 1 aliphatic rings. The molecular formula is C15H17ClF4N2O3S. The second-order valence-electron chi connectivity index (χ2n) is 5.92. The Labute approximate surface area is 153 Å². The van der Waals surface area contributed by atoms with E-state index < -0.39 is 32.5 Å². The molecule has 1 aromatic rings. The molecule has 5 nitrogen and oxygen atoms in total. The van der Waals surface area contributed by atoms with E-state index in [1.54, 1.807) is 0 Å². The van der Waals surface area contributed by atoms with Gasteiger partial charge in [0.1, 0.15) is 11.7 Å². The van der Waals surface area contributed by atoms with Crippen molar-refractivity contribution in [3.8, 4) is 0 Å². The van der Waals surface area contributed by atoms with Gasteiger partial charge in [0.15, 0.2) is 0 Å². The van der Waals surface area contributed by atoms with Crippen LogP contribution < -0.4 is 5.32 Å². The van der Waals surface area contributed by atoms with E-state index in [0.29, 0.717) is 31.5 Å². The van der Waals surface area contributed by atoms with E-state index in [0.717, 1.165) is 10.4 Å². The molecule has 0 aromatic heterocycles. The molecule has 2 rings (SSSR count). The third-order valence-electron chi connectivity index (χ3n) is 4.17. The van der Waals surface area contributed by atoms with Crippen LogP contribution in [0.3, 0.4) is 0 Å². The van der Waals surface area contributed by atoms with Gasteiger partial charge in [0.05, 0.1) is 10.5 Å². The molecule has 0 saturated carbocycles. The van der Waals surface area contributed by atoms with Crippen molar-refractivity contribution in [3.05, 3.63) is 29.6 Å². The summed E-state index contributed by atoms with van der Waals surface area (Å²) in [5, 5.41) is 2.62. The van der Waals surface area contributed by atoms with Crippen LogP contribution in [-0.4, -0.2) is 44.1 Å². The number of piperidine rings is 1. The fourth-order valence-corrected chi connectivity index (χ4v) is 4.27. The molecule has 1 heterocycles. The molecule has 0 atom stereocenters. The molecule has 1 amide bonds. The Hall–Kier alpha value is -1.39. The van der Waals surface area contributed by atoms with Crippen molar-refractivity contribution in [3.63, 3.8) is 0 Å². The van der Waals surface area contributed by atoms with Crippen LogP contribution in [0.5, 0.6) is 0 Å². The third kappa shape index (κ3) is 4.86. The van der Waals surface area contributed by atoms with Crippen LogP contribution in [0.1, 0.15) is 18.4 Å². The first kappa shape index (κ1) is 20.9. The van der Waals surface area contributed by atoms with Gasteiger partial charge in [-0.05, 0) is 37.0 Å². The molecule has 1 aliphatic heterocycles. The van der Waals surface area contributed by atoms with E-state index in [-0.39, 0.29) is 30.8 Å². The number of alkyl halides is 4. The summed E-state index contributed by atoms with van der Waals surface area (Å²) in [6, 6.07) is 1.58. The SMILES string of the molecule is O=C(CCl)NCC1CCN(S(=O)(=O)c2ccc(C(F)(F)F)c(F)c2)CC1. The van der Waals surface area contributed by atoms with Crippen molar-refractivity contribution in [2.45, 2.75) is 23.9 Å². The molecule has 0 aliphatic carbocycles. The lowest BCUT2D eigenvalue weighted by Gasteiger charge is -2.31. The van der Waals surface area contributed by atoms with Gasteiger partial charge in [-0.1, -0.05) is 0 Å². The van der Waals surface area contributed by atoms with Crippen molar-refractivity contribution >= 4 is 27.5 Å². The van der Waals surface area contributed by atoms with Crippen molar-refractivity contribution in [1.82, 2.24) is 9.62 Å². The van der Waals surface area contributed by atoms with Gasteiger partial charge >= 0.3 is 6.18 Å². The number of hydrogen-bond donors (Lipinski definition) is 1. The lowest BCUT2D eigenvalue weighted by molar-refractivity contribution is -0.140. The zero-order chi connectivity index (χ0) is 19.5. The number of nitrogens with zero attached hydrogens (tertiary/aromatic N) is 1. The van der Waals surface area contributed by atoms with E-state index in [1.807, 2.05) is 0 Å². The molecule has 1 fully saturated rings. The zero-order valence-corrected chi connectivity index (χ0v) is 15.1. The Morgan fingerprint density at radius 1 is 1.27 bits per heavy atom. The van der Waals surface area contributed by atoms with Crippen LogP contribution in [0.25, 0.3) is 0 Å². The second-order valence-corrected chi connectivity index (χ2v) is 8.13. The van der Waals surface area contributed by atoms with Crippen molar-refractivity contribution < 1.29 is 30.8 Å². The van der Waals surface area contributed by atoms with Gasteiger partial charge in [-0.25, -0.2) is 12.8 Å². The Bertz CT molecular complexity index is 763. The van der Waals surface area contributed by atoms with Crippen LogP contribution in [0.4, 0.5) is 17.6 Å². The Morgan fingerprint density at radius 3 is 2.38 bits per heavy atom. The quantitative estimate of drug-likeness (QED) is 0.592. The predicted molar refractivity (Wildman–Crippen MR) is 86.6 cm³/mol. The van der Waals surface area contributed by atoms with Crippen LogP contribution in [0.2, 0.25) is 0 Å². The van der Waals surface area contributed by atoms with Gasteiger partial charge < -0.3 is 5.32 Å². The molecule has 0 radical (unpaired) electrons. The number of amides is 1. The maximum Gasteiger partial charge on any atom is 0.419 e. The lowest BCUT2D eigenvalue weighted by Crippen LogP contribution is -2.41. The van der Waals surface area contributed by atoms with Gasteiger partial charge in [-0.3, -0.25) is 4.79 Å². The molecule has 0 bridgehead atoms. The first-order chi connectivity index (χ1) is 12.1. The topological polar surface area (TPSA) is 66.5 Å². The van der Waals surface area contributed by atoms with Crippen LogP contribution in [0.15, 0.2) is 23.1 Å². The highest BCUT2D eigenvalue weighted by Gasteiger charge is 2.36. The number of carbonyl (C=O) groups is 1. The number of nitrogens with one attached hydrogen (secondary N) is 1.